The highest BCUT2D eigenvalue weighted by Gasteiger charge is 2.11. The molecule has 1 unspecified atom stereocenters. The van der Waals surface area contributed by atoms with Crippen LogP contribution in [0.4, 0.5) is 0 Å². The van der Waals surface area contributed by atoms with Crippen LogP contribution in [0.25, 0.3) is 0 Å². The largest absolute Gasteiger partial charge is 0.321 e. The van der Waals surface area contributed by atoms with E-state index in [0.717, 1.165) is 16.5 Å². The Morgan fingerprint density at radius 2 is 1.88 bits per heavy atom. The molecule has 0 spiro atoms. The lowest BCUT2D eigenvalue weighted by Crippen LogP contribution is -2.16. The predicted octanol–water partition coefficient (Wildman–Crippen LogP) is 2.79. The third kappa shape index (κ3) is 3.11. The molecule has 2 aromatic rings. The minimum atomic E-state index is -0.172. The van der Waals surface area contributed by atoms with Gasteiger partial charge < -0.3 is 5.73 Å². The topological polar surface area (TPSA) is 51.8 Å². The number of aryl methyl sites for hydroxylation is 1. The van der Waals surface area contributed by atoms with Gasteiger partial charge in [-0.2, -0.15) is 0 Å². The monoisotopic (exact) mass is 291 g/mol. The summed E-state index contributed by atoms with van der Waals surface area (Å²) >= 11 is 3.51. The summed E-state index contributed by atoms with van der Waals surface area (Å²) in [6, 6.07) is 7.88. The van der Waals surface area contributed by atoms with E-state index < -0.39 is 0 Å². The van der Waals surface area contributed by atoms with Crippen LogP contribution in [0.3, 0.4) is 0 Å². The standard InChI is InChI=1S/C13H14BrN3/c1-9-7-16-13(17-8-9)12(15)6-10-4-2-3-5-11(10)14/h2-5,7-8,12H,6,15H2,1H3. The van der Waals surface area contributed by atoms with Gasteiger partial charge >= 0.3 is 0 Å². The van der Waals surface area contributed by atoms with Crippen LogP contribution in [0.1, 0.15) is 23.0 Å². The van der Waals surface area contributed by atoms with Gasteiger partial charge in [-0.25, -0.2) is 9.97 Å². The van der Waals surface area contributed by atoms with E-state index in [1.807, 2.05) is 25.1 Å². The van der Waals surface area contributed by atoms with Crippen molar-refractivity contribution in [3.05, 3.63) is 58.1 Å². The van der Waals surface area contributed by atoms with E-state index in [0.29, 0.717) is 5.82 Å². The van der Waals surface area contributed by atoms with Crippen LogP contribution >= 0.6 is 15.9 Å². The molecule has 2 rings (SSSR count). The Hall–Kier alpha value is -1.26. The maximum Gasteiger partial charge on any atom is 0.145 e. The summed E-state index contributed by atoms with van der Waals surface area (Å²) in [6.45, 7) is 1.96. The number of nitrogens with two attached hydrogens (primary N) is 1. The number of nitrogens with zero attached hydrogens (tertiary/aromatic N) is 2. The highest BCUT2D eigenvalue weighted by Crippen LogP contribution is 2.20. The van der Waals surface area contributed by atoms with Gasteiger partial charge in [0.15, 0.2) is 0 Å². The number of hydrogen-bond acceptors (Lipinski definition) is 3. The first-order chi connectivity index (χ1) is 8.16. The molecule has 0 aliphatic carbocycles. The van der Waals surface area contributed by atoms with Crippen molar-refractivity contribution in [1.29, 1.82) is 0 Å². The third-order valence-electron chi connectivity index (χ3n) is 2.53. The van der Waals surface area contributed by atoms with Crippen molar-refractivity contribution in [2.45, 2.75) is 19.4 Å². The molecule has 2 N–H and O–H groups in total. The second kappa shape index (κ2) is 5.38. The Morgan fingerprint density at radius 3 is 2.53 bits per heavy atom. The van der Waals surface area contributed by atoms with E-state index in [1.165, 1.54) is 5.56 Å². The van der Waals surface area contributed by atoms with E-state index in [9.17, 15) is 0 Å². The SMILES string of the molecule is Cc1cnc(C(N)Cc2ccccc2Br)nc1. The van der Waals surface area contributed by atoms with E-state index in [4.69, 9.17) is 5.73 Å². The van der Waals surface area contributed by atoms with Crippen molar-refractivity contribution in [2.75, 3.05) is 0 Å². The van der Waals surface area contributed by atoms with Crippen LogP contribution in [0.2, 0.25) is 0 Å². The van der Waals surface area contributed by atoms with Gasteiger partial charge in [0.1, 0.15) is 5.82 Å². The number of benzene rings is 1. The molecule has 0 bridgehead atoms. The molecule has 0 radical (unpaired) electrons. The number of hydrogen-bond donors (Lipinski definition) is 1. The molecule has 0 aliphatic heterocycles. The minimum Gasteiger partial charge on any atom is -0.321 e. The zero-order valence-electron chi connectivity index (χ0n) is 9.60. The Kier molecular flexibility index (Phi) is 3.86. The molecule has 88 valence electrons. The van der Waals surface area contributed by atoms with Crippen LogP contribution in [-0.2, 0) is 6.42 Å². The second-order valence-corrected chi connectivity index (χ2v) is 4.87. The molecule has 1 atom stereocenters. The molecule has 17 heavy (non-hydrogen) atoms. The fourth-order valence-electron chi connectivity index (χ4n) is 1.59. The quantitative estimate of drug-likeness (QED) is 0.946. The van der Waals surface area contributed by atoms with Gasteiger partial charge in [0, 0.05) is 16.9 Å². The van der Waals surface area contributed by atoms with Crippen molar-refractivity contribution in [2.24, 2.45) is 5.73 Å². The first kappa shape index (κ1) is 12.2. The summed E-state index contributed by atoms with van der Waals surface area (Å²) in [5.41, 5.74) is 8.31. The molecular weight excluding hydrogens is 278 g/mol. The van der Waals surface area contributed by atoms with Crippen LogP contribution in [0.5, 0.6) is 0 Å². The normalized spacial score (nSPS) is 12.4. The summed E-state index contributed by atoms with van der Waals surface area (Å²) in [5.74, 6) is 0.686. The van der Waals surface area contributed by atoms with Crippen LogP contribution < -0.4 is 5.73 Å². The fraction of sp³-hybridized carbons (Fsp3) is 0.231. The van der Waals surface area contributed by atoms with Crippen molar-refractivity contribution in [1.82, 2.24) is 9.97 Å². The summed E-state index contributed by atoms with van der Waals surface area (Å²) in [7, 11) is 0. The highest BCUT2D eigenvalue weighted by molar-refractivity contribution is 9.10. The van der Waals surface area contributed by atoms with Crippen LogP contribution in [0, 0.1) is 6.92 Å². The van der Waals surface area contributed by atoms with Gasteiger partial charge in [-0.3, -0.25) is 0 Å². The van der Waals surface area contributed by atoms with Gasteiger partial charge in [0.2, 0.25) is 0 Å². The fourth-order valence-corrected chi connectivity index (χ4v) is 2.03. The average Bonchev–Trinajstić information content (AvgIpc) is 2.33. The lowest BCUT2D eigenvalue weighted by Gasteiger charge is -2.11. The lowest BCUT2D eigenvalue weighted by molar-refractivity contribution is 0.664. The predicted molar refractivity (Wildman–Crippen MR) is 71.5 cm³/mol. The smallest absolute Gasteiger partial charge is 0.145 e. The van der Waals surface area contributed by atoms with Crippen LogP contribution in [-0.4, -0.2) is 9.97 Å². The Bertz CT molecular complexity index is 496. The first-order valence-electron chi connectivity index (χ1n) is 5.44. The molecule has 0 amide bonds. The molecule has 1 heterocycles. The second-order valence-electron chi connectivity index (χ2n) is 4.02. The van der Waals surface area contributed by atoms with E-state index in [-0.39, 0.29) is 6.04 Å². The Balaban J connectivity index is 2.14. The number of aromatic nitrogens is 2. The zero-order chi connectivity index (χ0) is 12.3. The molecule has 0 saturated carbocycles. The molecular formula is C13H14BrN3. The summed E-state index contributed by atoms with van der Waals surface area (Å²) in [6.07, 6.45) is 4.31. The molecule has 4 heteroatoms. The van der Waals surface area contributed by atoms with E-state index >= 15 is 0 Å². The molecule has 0 fully saturated rings. The van der Waals surface area contributed by atoms with Gasteiger partial charge in [-0.05, 0) is 30.5 Å². The summed E-state index contributed by atoms with van der Waals surface area (Å²) in [4.78, 5) is 8.51. The highest BCUT2D eigenvalue weighted by atomic mass is 79.9. The van der Waals surface area contributed by atoms with Gasteiger partial charge in [0.25, 0.3) is 0 Å². The third-order valence-corrected chi connectivity index (χ3v) is 3.30. The van der Waals surface area contributed by atoms with Gasteiger partial charge in [-0.15, -0.1) is 0 Å². The molecule has 1 aromatic heterocycles. The van der Waals surface area contributed by atoms with E-state index in [2.05, 4.69) is 32.0 Å². The van der Waals surface area contributed by atoms with Crippen molar-refractivity contribution in [3.63, 3.8) is 0 Å². The van der Waals surface area contributed by atoms with Gasteiger partial charge in [-0.1, -0.05) is 34.1 Å². The minimum absolute atomic E-state index is 0.172. The van der Waals surface area contributed by atoms with Crippen molar-refractivity contribution < 1.29 is 0 Å². The molecule has 0 aliphatic rings. The maximum absolute atomic E-state index is 6.10. The lowest BCUT2D eigenvalue weighted by atomic mass is 10.1. The van der Waals surface area contributed by atoms with Crippen molar-refractivity contribution >= 4 is 15.9 Å². The van der Waals surface area contributed by atoms with E-state index in [1.54, 1.807) is 12.4 Å². The van der Waals surface area contributed by atoms with Crippen LogP contribution in [0.15, 0.2) is 41.1 Å². The summed E-state index contributed by atoms with van der Waals surface area (Å²) < 4.78 is 1.07. The van der Waals surface area contributed by atoms with Gasteiger partial charge in [0.05, 0.1) is 6.04 Å². The molecule has 0 saturated heterocycles. The van der Waals surface area contributed by atoms with Crippen molar-refractivity contribution in [3.8, 4) is 0 Å². The molecule has 1 aromatic carbocycles. The summed E-state index contributed by atoms with van der Waals surface area (Å²) in [5, 5.41) is 0. The molecule has 3 nitrogen and oxygen atoms in total. The zero-order valence-corrected chi connectivity index (χ0v) is 11.2. The Morgan fingerprint density at radius 1 is 1.24 bits per heavy atom. The first-order valence-corrected chi connectivity index (χ1v) is 6.23. The average molecular weight is 292 g/mol. The maximum atomic E-state index is 6.10. The number of halogens is 1. The Labute approximate surface area is 109 Å². The number of rotatable bonds is 3.